The molecular formula is C19H24N8O2. The van der Waals surface area contributed by atoms with E-state index in [9.17, 15) is 9.59 Å². The monoisotopic (exact) mass is 396 g/mol. The second-order valence-corrected chi connectivity index (χ2v) is 8.10. The summed E-state index contributed by atoms with van der Waals surface area (Å²) in [6.45, 7) is 0. The summed E-state index contributed by atoms with van der Waals surface area (Å²) in [6.07, 6.45) is 9.56. The first-order chi connectivity index (χ1) is 14.0. The molecule has 0 bridgehead atoms. The van der Waals surface area contributed by atoms with Crippen LogP contribution in [0.5, 0.6) is 0 Å². The Labute approximate surface area is 167 Å². The van der Waals surface area contributed by atoms with Crippen LogP contribution < -0.4 is 21.7 Å². The summed E-state index contributed by atoms with van der Waals surface area (Å²) in [5.41, 5.74) is 7.70. The first-order valence-electron chi connectivity index (χ1n) is 10.1. The predicted octanol–water partition coefficient (Wildman–Crippen LogP) is 0.810. The molecule has 3 aliphatic rings. The number of nitrogens with two attached hydrogens (primary N) is 1. The van der Waals surface area contributed by atoms with Crippen LogP contribution in [0.3, 0.4) is 0 Å². The summed E-state index contributed by atoms with van der Waals surface area (Å²) in [5, 5.41) is 13.6. The first-order valence-corrected chi connectivity index (χ1v) is 10.1. The highest BCUT2D eigenvalue weighted by atomic mass is 16.2. The van der Waals surface area contributed by atoms with E-state index in [0.717, 1.165) is 38.5 Å². The second kappa shape index (κ2) is 7.11. The van der Waals surface area contributed by atoms with Gasteiger partial charge in [0.2, 0.25) is 17.8 Å². The summed E-state index contributed by atoms with van der Waals surface area (Å²) in [4.78, 5) is 32.7. The van der Waals surface area contributed by atoms with Crippen LogP contribution in [0.2, 0.25) is 0 Å². The number of amides is 2. The van der Waals surface area contributed by atoms with Gasteiger partial charge in [0.05, 0.1) is 12.6 Å². The van der Waals surface area contributed by atoms with Crippen molar-refractivity contribution >= 4 is 35.4 Å². The number of anilines is 2. The number of rotatable bonds is 5. The van der Waals surface area contributed by atoms with Gasteiger partial charge in [0.25, 0.3) is 5.91 Å². The van der Waals surface area contributed by atoms with Crippen molar-refractivity contribution in [3.05, 3.63) is 17.3 Å². The van der Waals surface area contributed by atoms with Crippen LogP contribution >= 0.6 is 0 Å². The zero-order chi connectivity index (χ0) is 20.0. The fraction of sp³-hybridized carbons (Fsp3) is 0.526. The van der Waals surface area contributed by atoms with E-state index in [-0.39, 0.29) is 30.3 Å². The van der Waals surface area contributed by atoms with E-state index in [1.807, 2.05) is 0 Å². The van der Waals surface area contributed by atoms with E-state index >= 15 is 0 Å². The summed E-state index contributed by atoms with van der Waals surface area (Å²) in [6, 6.07) is 0.962. The highest BCUT2D eigenvalue weighted by Gasteiger charge is 2.27. The molecule has 29 heavy (non-hydrogen) atoms. The van der Waals surface area contributed by atoms with Crippen molar-refractivity contribution in [2.24, 2.45) is 5.73 Å². The number of hydrogen-bond acceptors (Lipinski definition) is 8. The number of hydrogen-bond donors (Lipinski definition) is 4. The minimum atomic E-state index is -0.364. The van der Waals surface area contributed by atoms with E-state index in [0.29, 0.717) is 34.7 Å². The average molecular weight is 396 g/mol. The summed E-state index contributed by atoms with van der Waals surface area (Å²) in [7, 11) is 0. The maximum atomic E-state index is 11.9. The summed E-state index contributed by atoms with van der Waals surface area (Å²) in [5.74, 6) is 0.510. The van der Waals surface area contributed by atoms with Gasteiger partial charge in [-0.2, -0.15) is 19.6 Å². The lowest BCUT2D eigenvalue weighted by molar-refractivity contribution is -0.124. The summed E-state index contributed by atoms with van der Waals surface area (Å²) >= 11 is 0. The van der Waals surface area contributed by atoms with Crippen molar-refractivity contribution in [1.82, 2.24) is 24.9 Å². The molecule has 0 unspecified atom stereocenters. The van der Waals surface area contributed by atoms with Crippen LogP contribution in [-0.2, 0) is 9.59 Å². The van der Waals surface area contributed by atoms with E-state index in [2.05, 4.69) is 31.0 Å². The molecule has 2 aliphatic carbocycles. The molecule has 5 N–H and O–H groups in total. The van der Waals surface area contributed by atoms with Crippen LogP contribution in [0.25, 0.3) is 11.7 Å². The molecule has 0 spiro atoms. The van der Waals surface area contributed by atoms with Gasteiger partial charge in [0.1, 0.15) is 0 Å². The Morgan fingerprint density at radius 2 is 1.79 bits per heavy atom. The molecular weight excluding hydrogens is 372 g/mol. The largest absolute Gasteiger partial charge is 0.351 e. The van der Waals surface area contributed by atoms with Crippen LogP contribution in [0, 0.1) is 0 Å². The van der Waals surface area contributed by atoms with Gasteiger partial charge in [-0.1, -0.05) is 0 Å². The maximum Gasteiger partial charge on any atom is 0.254 e. The first kappa shape index (κ1) is 18.0. The molecule has 10 nitrogen and oxygen atoms in total. The molecule has 0 aromatic carbocycles. The van der Waals surface area contributed by atoms with Crippen LogP contribution in [-0.4, -0.2) is 49.5 Å². The second-order valence-electron chi connectivity index (χ2n) is 8.10. The Morgan fingerprint density at radius 3 is 2.48 bits per heavy atom. The van der Waals surface area contributed by atoms with Crippen molar-refractivity contribution in [2.75, 3.05) is 10.6 Å². The van der Waals surface area contributed by atoms with Gasteiger partial charge < -0.3 is 16.4 Å². The number of carbonyl (C=O) groups is 2. The number of nitrogens with one attached hydrogen (secondary N) is 3. The van der Waals surface area contributed by atoms with E-state index in [1.165, 1.54) is 0 Å². The molecule has 10 heteroatoms. The number of fused-ring (bicyclic) bond motifs is 1. The minimum absolute atomic E-state index is 0.0713. The molecule has 0 atom stereocenters. The van der Waals surface area contributed by atoms with Crippen molar-refractivity contribution in [3.8, 4) is 0 Å². The van der Waals surface area contributed by atoms with Crippen molar-refractivity contribution in [2.45, 2.75) is 63.1 Å². The van der Waals surface area contributed by atoms with Gasteiger partial charge in [-0.15, -0.1) is 0 Å². The Bertz CT molecular complexity index is 1000. The molecule has 2 aromatic heterocycles. The third-order valence-corrected chi connectivity index (χ3v) is 5.64. The smallest absolute Gasteiger partial charge is 0.254 e. The topological polar surface area (TPSA) is 139 Å². The predicted molar refractivity (Wildman–Crippen MR) is 107 cm³/mol. The summed E-state index contributed by atoms with van der Waals surface area (Å²) < 4.78 is 1.65. The quantitative estimate of drug-likeness (QED) is 0.430. The lowest BCUT2D eigenvalue weighted by Crippen LogP contribution is -2.33. The lowest BCUT2D eigenvalue weighted by atomic mass is 9.92. The fourth-order valence-electron chi connectivity index (χ4n) is 3.82. The zero-order valence-corrected chi connectivity index (χ0v) is 16.0. The molecule has 3 heterocycles. The molecule has 2 aromatic rings. The third-order valence-electron chi connectivity index (χ3n) is 5.64. The molecule has 0 radical (unpaired) electrons. The number of aromatic nitrogens is 4. The Kier molecular flexibility index (Phi) is 4.42. The SMILES string of the molecule is NC1CCC(Nc2nc(NC3CC3)n3ncc(/C=C4\CC(=O)NC4=O)c3n2)CC1. The normalized spacial score (nSPS) is 26.2. The zero-order valence-electron chi connectivity index (χ0n) is 16.0. The van der Waals surface area contributed by atoms with E-state index in [1.54, 1.807) is 16.8 Å². The van der Waals surface area contributed by atoms with Crippen LogP contribution in [0.1, 0.15) is 50.5 Å². The standard InChI is InChI=1S/C19H24N8O2/c20-12-1-3-13(4-2-12)22-18-25-16-11(7-10-8-15(28)24-17(10)29)9-21-27(16)19(26-18)23-14-5-6-14/h7,9,12-14H,1-6,8,20H2,(H,24,28,29)(H2,22,23,25,26)/b10-7+. The highest BCUT2D eigenvalue weighted by Crippen LogP contribution is 2.27. The van der Waals surface area contributed by atoms with Gasteiger partial charge in [0, 0.05) is 29.3 Å². The van der Waals surface area contributed by atoms with Crippen LogP contribution in [0.4, 0.5) is 11.9 Å². The van der Waals surface area contributed by atoms with Gasteiger partial charge in [-0.25, -0.2) is 0 Å². The third kappa shape index (κ3) is 3.80. The highest BCUT2D eigenvalue weighted by molar-refractivity contribution is 6.15. The molecule has 2 saturated carbocycles. The Morgan fingerprint density at radius 1 is 1.07 bits per heavy atom. The Hall–Kier alpha value is -3.01. The van der Waals surface area contributed by atoms with Crippen LogP contribution in [0.15, 0.2) is 11.8 Å². The molecule has 2 amide bonds. The molecule has 1 aliphatic heterocycles. The van der Waals surface area contributed by atoms with Gasteiger partial charge in [-0.05, 0) is 44.6 Å². The van der Waals surface area contributed by atoms with Gasteiger partial charge in [-0.3, -0.25) is 14.9 Å². The lowest BCUT2D eigenvalue weighted by Gasteiger charge is -2.26. The van der Waals surface area contributed by atoms with E-state index < -0.39 is 0 Å². The maximum absolute atomic E-state index is 11.9. The Balaban J connectivity index is 1.49. The van der Waals surface area contributed by atoms with Gasteiger partial charge >= 0.3 is 0 Å². The van der Waals surface area contributed by atoms with E-state index in [4.69, 9.17) is 5.73 Å². The van der Waals surface area contributed by atoms with Crippen molar-refractivity contribution in [3.63, 3.8) is 0 Å². The number of carbonyl (C=O) groups excluding carboxylic acids is 2. The van der Waals surface area contributed by atoms with Crippen molar-refractivity contribution in [1.29, 1.82) is 0 Å². The van der Waals surface area contributed by atoms with Crippen molar-refractivity contribution < 1.29 is 9.59 Å². The number of imide groups is 1. The molecule has 152 valence electrons. The molecule has 1 saturated heterocycles. The van der Waals surface area contributed by atoms with Gasteiger partial charge in [0.15, 0.2) is 5.65 Å². The molecule has 3 fully saturated rings. The number of nitrogens with zero attached hydrogens (tertiary/aromatic N) is 4. The fourth-order valence-corrected chi connectivity index (χ4v) is 3.82. The minimum Gasteiger partial charge on any atom is -0.351 e. The molecule has 5 rings (SSSR count). The average Bonchev–Trinajstić information content (AvgIpc) is 3.33.